The summed E-state index contributed by atoms with van der Waals surface area (Å²) in [6, 6.07) is 10.1. The maximum atomic E-state index is 11.7. The number of carbonyl (C=O) groups excluding carboxylic acids is 1. The second-order valence-corrected chi connectivity index (χ2v) is 6.97. The molecule has 2 saturated heterocycles. The fourth-order valence-electron chi connectivity index (χ4n) is 3.40. The lowest BCUT2D eigenvalue weighted by Gasteiger charge is -2.47. The third kappa shape index (κ3) is 3.90. The molecule has 0 aliphatic carbocycles. The first-order valence-electron chi connectivity index (χ1n) is 9.15. The predicted molar refractivity (Wildman–Crippen MR) is 96.4 cm³/mol. The van der Waals surface area contributed by atoms with Crippen LogP contribution in [0.15, 0.2) is 47.1 Å². The molecule has 2 aliphatic heterocycles. The van der Waals surface area contributed by atoms with Crippen molar-refractivity contribution in [2.24, 2.45) is 0 Å². The molecular weight excluding hydrogens is 366 g/mol. The zero-order valence-corrected chi connectivity index (χ0v) is 15.6. The predicted octanol–water partition coefficient (Wildman–Crippen LogP) is 1.67. The molecule has 2 aromatic rings. The Bertz CT molecular complexity index is 791. The van der Waals surface area contributed by atoms with E-state index in [1.165, 1.54) is 13.2 Å². The zero-order chi connectivity index (χ0) is 19.7. The Morgan fingerprint density at radius 2 is 2.00 bits per heavy atom. The number of furan rings is 1. The highest BCUT2D eigenvalue weighted by molar-refractivity contribution is 5.73. The standard InChI is InChI=1S/C20H23NO7/c1-11-5-7-13(8-6-11)26-20-16(21-12(2)22)17(23)18-15(27-20)10-25-19(28-18)14-4-3-9-24-14/h3-9,15-20,23H,10H2,1-2H3,(H,21,22)/t15-,16+,17-,18-,19+,20-/m1/s1. The lowest BCUT2D eigenvalue weighted by Crippen LogP contribution is -2.67. The molecule has 1 aromatic carbocycles. The first-order valence-corrected chi connectivity index (χ1v) is 9.15. The SMILES string of the molecule is CC(=O)N[C@@H]1[C@H](Oc2ccc(C)cc2)O[C@@H]2CO[C@H](c3ccco3)O[C@H]2[C@@H]1O. The highest BCUT2D eigenvalue weighted by Gasteiger charge is 2.51. The Labute approximate surface area is 162 Å². The van der Waals surface area contributed by atoms with E-state index in [-0.39, 0.29) is 12.5 Å². The van der Waals surface area contributed by atoms with Crippen LogP contribution in [-0.2, 0) is 19.0 Å². The Morgan fingerprint density at radius 3 is 2.68 bits per heavy atom. The third-order valence-corrected chi connectivity index (χ3v) is 4.78. The largest absolute Gasteiger partial charge is 0.464 e. The minimum absolute atomic E-state index is 0.188. The summed E-state index contributed by atoms with van der Waals surface area (Å²) in [4.78, 5) is 11.7. The zero-order valence-electron chi connectivity index (χ0n) is 15.6. The number of ether oxygens (including phenoxy) is 4. The first-order chi connectivity index (χ1) is 13.5. The molecule has 0 saturated carbocycles. The van der Waals surface area contributed by atoms with Crippen LogP contribution in [0, 0.1) is 6.92 Å². The van der Waals surface area contributed by atoms with E-state index in [4.69, 9.17) is 23.4 Å². The molecule has 2 aliphatic rings. The van der Waals surface area contributed by atoms with E-state index in [9.17, 15) is 9.90 Å². The van der Waals surface area contributed by atoms with Crippen LogP contribution in [0.25, 0.3) is 0 Å². The van der Waals surface area contributed by atoms with E-state index >= 15 is 0 Å². The molecule has 2 fully saturated rings. The Hall–Kier alpha value is -2.39. The van der Waals surface area contributed by atoms with Gasteiger partial charge in [0.05, 0.1) is 12.9 Å². The number of amides is 1. The van der Waals surface area contributed by atoms with Gasteiger partial charge in [0.1, 0.15) is 30.1 Å². The highest BCUT2D eigenvalue weighted by Crippen LogP contribution is 2.35. The molecule has 2 N–H and O–H groups in total. The molecule has 4 rings (SSSR count). The number of fused-ring (bicyclic) bond motifs is 1. The van der Waals surface area contributed by atoms with Crippen LogP contribution in [0.1, 0.15) is 24.5 Å². The fraction of sp³-hybridized carbons (Fsp3) is 0.450. The molecule has 0 bridgehead atoms. The van der Waals surface area contributed by atoms with Gasteiger partial charge in [0, 0.05) is 6.92 Å². The number of nitrogens with one attached hydrogen (secondary N) is 1. The number of carbonyl (C=O) groups is 1. The van der Waals surface area contributed by atoms with E-state index in [2.05, 4.69) is 5.32 Å². The summed E-state index contributed by atoms with van der Waals surface area (Å²) in [6.07, 6.45) is -2.44. The summed E-state index contributed by atoms with van der Waals surface area (Å²) in [7, 11) is 0. The van der Waals surface area contributed by atoms with Crippen molar-refractivity contribution in [2.45, 2.75) is 50.8 Å². The van der Waals surface area contributed by atoms with Crippen LogP contribution >= 0.6 is 0 Å². The Kier molecular flexibility index (Phi) is 5.36. The quantitative estimate of drug-likeness (QED) is 0.821. The van der Waals surface area contributed by atoms with Gasteiger partial charge in [0.25, 0.3) is 0 Å². The summed E-state index contributed by atoms with van der Waals surface area (Å²) >= 11 is 0. The van der Waals surface area contributed by atoms with Gasteiger partial charge in [-0.05, 0) is 31.2 Å². The lowest BCUT2D eigenvalue weighted by molar-refractivity contribution is -0.336. The summed E-state index contributed by atoms with van der Waals surface area (Å²) in [6.45, 7) is 3.54. The van der Waals surface area contributed by atoms with Crippen molar-refractivity contribution in [3.8, 4) is 5.75 Å². The fourth-order valence-corrected chi connectivity index (χ4v) is 3.40. The van der Waals surface area contributed by atoms with Gasteiger partial charge in [-0.25, -0.2) is 0 Å². The smallest absolute Gasteiger partial charge is 0.223 e. The van der Waals surface area contributed by atoms with Gasteiger partial charge < -0.3 is 33.8 Å². The van der Waals surface area contributed by atoms with Gasteiger partial charge in [-0.15, -0.1) is 0 Å². The van der Waals surface area contributed by atoms with Crippen LogP contribution in [0.2, 0.25) is 0 Å². The van der Waals surface area contributed by atoms with Crippen LogP contribution in [0.4, 0.5) is 0 Å². The summed E-state index contributed by atoms with van der Waals surface area (Å²) < 4.78 is 28.8. The first kappa shape index (κ1) is 18.9. The van der Waals surface area contributed by atoms with Crippen LogP contribution in [-0.4, -0.2) is 48.3 Å². The van der Waals surface area contributed by atoms with Crippen molar-refractivity contribution < 1.29 is 33.3 Å². The number of rotatable bonds is 4. The molecule has 0 unspecified atom stereocenters. The molecule has 8 nitrogen and oxygen atoms in total. The number of hydrogen-bond donors (Lipinski definition) is 2. The second-order valence-electron chi connectivity index (χ2n) is 6.97. The van der Waals surface area contributed by atoms with Gasteiger partial charge in [-0.1, -0.05) is 17.7 Å². The average molecular weight is 389 g/mol. The molecule has 28 heavy (non-hydrogen) atoms. The number of aliphatic hydroxyl groups excluding tert-OH is 1. The van der Waals surface area contributed by atoms with Crippen LogP contribution in [0.5, 0.6) is 5.75 Å². The molecule has 8 heteroatoms. The molecule has 0 radical (unpaired) electrons. The molecule has 3 heterocycles. The van der Waals surface area contributed by atoms with E-state index < -0.39 is 36.9 Å². The normalized spacial score (nSPS) is 32.4. The third-order valence-electron chi connectivity index (χ3n) is 4.78. The molecule has 6 atom stereocenters. The monoisotopic (exact) mass is 389 g/mol. The molecule has 1 aromatic heterocycles. The summed E-state index contributed by atoms with van der Waals surface area (Å²) in [5.41, 5.74) is 1.09. The Balaban J connectivity index is 1.53. The minimum Gasteiger partial charge on any atom is -0.464 e. The highest BCUT2D eigenvalue weighted by atomic mass is 16.8. The average Bonchev–Trinajstić information content (AvgIpc) is 3.21. The second kappa shape index (κ2) is 7.92. The van der Waals surface area contributed by atoms with Gasteiger partial charge in [0.2, 0.25) is 18.5 Å². The number of benzene rings is 1. The van der Waals surface area contributed by atoms with E-state index in [0.717, 1.165) is 5.56 Å². The van der Waals surface area contributed by atoms with Crippen molar-refractivity contribution in [2.75, 3.05) is 6.61 Å². The number of aliphatic hydroxyl groups is 1. The van der Waals surface area contributed by atoms with Crippen LogP contribution in [0.3, 0.4) is 0 Å². The topological polar surface area (TPSA) is 99.4 Å². The van der Waals surface area contributed by atoms with Crippen molar-refractivity contribution in [3.05, 3.63) is 54.0 Å². The van der Waals surface area contributed by atoms with E-state index in [1.54, 1.807) is 12.1 Å². The van der Waals surface area contributed by atoms with E-state index in [1.807, 2.05) is 31.2 Å². The summed E-state index contributed by atoms with van der Waals surface area (Å²) in [5.74, 6) is 0.765. The van der Waals surface area contributed by atoms with Crippen LogP contribution < -0.4 is 10.1 Å². The van der Waals surface area contributed by atoms with Crippen molar-refractivity contribution >= 4 is 5.91 Å². The van der Waals surface area contributed by atoms with Gasteiger partial charge in [-0.2, -0.15) is 0 Å². The molecule has 0 spiro atoms. The summed E-state index contributed by atoms with van der Waals surface area (Å²) in [5, 5.41) is 13.6. The molecular formula is C20H23NO7. The number of aryl methyl sites for hydroxylation is 1. The van der Waals surface area contributed by atoms with Crippen molar-refractivity contribution in [3.63, 3.8) is 0 Å². The van der Waals surface area contributed by atoms with E-state index in [0.29, 0.717) is 11.5 Å². The van der Waals surface area contributed by atoms with Gasteiger partial charge in [0.15, 0.2) is 5.76 Å². The van der Waals surface area contributed by atoms with Gasteiger partial charge >= 0.3 is 0 Å². The minimum atomic E-state index is -1.06. The Morgan fingerprint density at radius 1 is 1.21 bits per heavy atom. The molecule has 150 valence electrons. The maximum Gasteiger partial charge on any atom is 0.223 e. The van der Waals surface area contributed by atoms with Gasteiger partial charge in [-0.3, -0.25) is 4.79 Å². The lowest BCUT2D eigenvalue weighted by atomic mass is 9.96. The molecule has 1 amide bonds. The number of hydrogen-bond acceptors (Lipinski definition) is 7. The van der Waals surface area contributed by atoms with Crippen molar-refractivity contribution in [1.82, 2.24) is 5.32 Å². The maximum absolute atomic E-state index is 11.7. The van der Waals surface area contributed by atoms with Crippen molar-refractivity contribution in [1.29, 1.82) is 0 Å².